The van der Waals surface area contributed by atoms with Crippen molar-refractivity contribution in [2.24, 2.45) is 0 Å². The quantitative estimate of drug-likeness (QED) is 0.114. The summed E-state index contributed by atoms with van der Waals surface area (Å²) >= 11 is 11.7. The van der Waals surface area contributed by atoms with Gasteiger partial charge in [-0.1, -0.05) is 60.7 Å². The Kier molecular flexibility index (Phi) is 16.0. The lowest BCUT2D eigenvalue weighted by Crippen LogP contribution is -2.16. The molecule has 0 bridgehead atoms. The first-order valence-corrected chi connectivity index (χ1v) is 12.9. The molecule has 200 valence electrons. The van der Waals surface area contributed by atoms with Crippen molar-refractivity contribution in [1.82, 2.24) is 0 Å². The van der Waals surface area contributed by atoms with E-state index in [0.717, 1.165) is 11.1 Å². The Balaban J connectivity index is 1.44. The van der Waals surface area contributed by atoms with Crippen molar-refractivity contribution in [2.75, 3.05) is 64.6 Å². The van der Waals surface area contributed by atoms with Crippen LogP contribution in [-0.2, 0) is 33.3 Å². The number of benzene rings is 2. The molecule has 0 saturated carbocycles. The van der Waals surface area contributed by atoms with Crippen LogP contribution in [0.2, 0.25) is 0 Å². The van der Waals surface area contributed by atoms with Crippen molar-refractivity contribution in [1.29, 1.82) is 0 Å². The number of ether oxygens (including phenoxy) is 5. The van der Waals surface area contributed by atoms with Crippen molar-refractivity contribution in [3.8, 4) is 0 Å². The van der Waals surface area contributed by atoms with Crippen molar-refractivity contribution in [3.63, 3.8) is 0 Å². The van der Waals surface area contributed by atoms with Gasteiger partial charge in [0.05, 0.1) is 62.5 Å². The molecule has 2 rings (SSSR count). The third kappa shape index (κ3) is 13.4. The predicted molar refractivity (Wildman–Crippen MR) is 145 cm³/mol. The Morgan fingerprint density at radius 2 is 0.865 bits per heavy atom. The second kappa shape index (κ2) is 19.4. The van der Waals surface area contributed by atoms with Crippen LogP contribution in [0.25, 0.3) is 12.2 Å². The second-order valence-corrected chi connectivity index (χ2v) is 8.07. The zero-order chi connectivity index (χ0) is 26.6. The maximum atomic E-state index is 12.1. The minimum absolute atomic E-state index is 0.0622. The lowest BCUT2D eigenvalue weighted by molar-refractivity contribution is -0.141. The average molecular weight is 551 g/mol. The number of carbonyl (C=O) groups excluding carboxylic acids is 2. The number of rotatable bonds is 18. The number of hydrogen-bond acceptors (Lipinski definition) is 7. The Morgan fingerprint density at radius 3 is 1.19 bits per heavy atom. The van der Waals surface area contributed by atoms with Crippen molar-refractivity contribution >= 4 is 47.3 Å². The van der Waals surface area contributed by atoms with E-state index in [2.05, 4.69) is 0 Å². The zero-order valence-corrected chi connectivity index (χ0v) is 22.1. The normalized spacial score (nSPS) is 11.8. The van der Waals surface area contributed by atoms with Gasteiger partial charge in [-0.3, -0.25) is 0 Å². The fourth-order valence-corrected chi connectivity index (χ4v) is 3.29. The zero-order valence-electron chi connectivity index (χ0n) is 20.6. The first-order chi connectivity index (χ1) is 18.1. The third-order valence-corrected chi connectivity index (χ3v) is 5.33. The molecule has 0 atom stereocenters. The lowest BCUT2D eigenvalue weighted by Gasteiger charge is -2.09. The van der Waals surface area contributed by atoms with Crippen LogP contribution in [0.1, 0.15) is 11.1 Å². The Labute approximate surface area is 227 Å². The van der Waals surface area contributed by atoms with Gasteiger partial charge in [0.15, 0.2) is 0 Å². The SMILES string of the molecule is O=C(OCCOCCOCCOCCOC(=O)/C(=C\c1ccccc1)CCl)/C(=C\c1ccccc1)CCl. The van der Waals surface area contributed by atoms with Crippen molar-refractivity contribution < 1.29 is 33.3 Å². The van der Waals surface area contributed by atoms with E-state index < -0.39 is 11.9 Å². The van der Waals surface area contributed by atoms with E-state index in [1.807, 2.05) is 60.7 Å². The minimum atomic E-state index is -0.465. The number of carbonyl (C=O) groups is 2. The van der Waals surface area contributed by atoms with E-state index in [1.54, 1.807) is 12.2 Å². The molecular weight excluding hydrogens is 519 g/mol. The largest absolute Gasteiger partial charge is 0.460 e. The molecule has 0 spiro atoms. The van der Waals surface area contributed by atoms with E-state index in [4.69, 9.17) is 46.9 Å². The molecule has 0 fully saturated rings. The molecule has 2 aromatic rings. The number of halogens is 2. The third-order valence-electron chi connectivity index (χ3n) is 4.76. The van der Waals surface area contributed by atoms with Crippen LogP contribution in [-0.4, -0.2) is 76.6 Å². The van der Waals surface area contributed by atoms with Crippen LogP contribution in [0.4, 0.5) is 0 Å². The Hall–Kier alpha value is -2.68. The maximum absolute atomic E-state index is 12.1. The smallest absolute Gasteiger partial charge is 0.335 e. The Bertz CT molecular complexity index is 899. The molecule has 0 amide bonds. The first-order valence-electron chi connectivity index (χ1n) is 11.8. The highest BCUT2D eigenvalue weighted by Gasteiger charge is 2.11. The predicted octanol–water partition coefficient (Wildman–Crippen LogP) is 4.77. The number of hydrogen-bond donors (Lipinski definition) is 0. The summed E-state index contributed by atoms with van der Waals surface area (Å²) in [7, 11) is 0. The molecule has 0 aromatic heterocycles. The van der Waals surface area contributed by atoms with E-state index in [1.165, 1.54) is 0 Å². The lowest BCUT2D eigenvalue weighted by atomic mass is 10.1. The van der Waals surface area contributed by atoms with Gasteiger partial charge < -0.3 is 23.7 Å². The molecule has 0 heterocycles. The van der Waals surface area contributed by atoms with Gasteiger partial charge in [-0.05, 0) is 23.3 Å². The van der Waals surface area contributed by atoms with Gasteiger partial charge in [0.25, 0.3) is 0 Å². The highest BCUT2D eigenvalue weighted by Crippen LogP contribution is 2.11. The summed E-state index contributed by atoms with van der Waals surface area (Å²) in [5, 5.41) is 0. The standard InChI is InChI=1S/C28H32Cl2O7/c29-21-25(19-23-7-3-1-4-8-23)27(31)36-17-15-34-13-11-33-12-14-35-16-18-37-28(32)26(22-30)20-24-9-5-2-6-10-24/h1-10,19-20H,11-18,21-22H2/b25-19-,26-20-. The van der Waals surface area contributed by atoms with Crippen LogP contribution in [0.15, 0.2) is 71.8 Å². The van der Waals surface area contributed by atoms with Crippen molar-refractivity contribution in [2.45, 2.75) is 0 Å². The van der Waals surface area contributed by atoms with Gasteiger partial charge in [0.1, 0.15) is 13.2 Å². The van der Waals surface area contributed by atoms with E-state index in [-0.39, 0.29) is 38.2 Å². The van der Waals surface area contributed by atoms with E-state index >= 15 is 0 Å². The van der Waals surface area contributed by atoms with Crippen LogP contribution in [0.3, 0.4) is 0 Å². The number of alkyl halides is 2. The molecule has 0 saturated heterocycles. The summed E-state index contributed by atoms with van der Waals surface area (Å²) in [6, 6.07) is 18.8. The Morgan fingerprint density at radius 1 is 0.541 bits per heavy atom. The second-order valence-electron chi connectivity index (χ2n) is 7.54. The van der Waals surface area contributed by atoms with Crippen LogP contribution >= 0.6 is 23.2 Å². The van der Waals surface area contributed by atoms with Gasteiger partial charge in [-0.15, -0.1) is 23.2 Å². The van der Waals surface area contributed by atoms with Crippen LogP contribution < -0.4 is 0 Å². The van der Waals surface area contributed by atoms with Gasteiger partial charge in [-0.25, -0.2) is 9.59 Å². The molecule has 37 heavy (non-hydrogen) atoms. The van der Waals surface area contributed by atoms with Crippen molar-refractivity contribution in [3.05, 3.63) is 82.9 Å². The highest BCUT2D eigenvalue weighted by atomic mass is 35.5. The summed E-state index contributed by atoms with van der Waals surface area (Å²) in [4.78, 5) is 24.2. The molecule has 2 aromatic carbocycles. The molecule has 0 radical (unpaired) electrons. The summed E-state index contributed by atoms with van der Waals surface area (Å²) < 4.78 is 26.6. The summed E-state index contributed by atoms with van der Waals surface area (Å²) in [5.74, 6) is -0.806. The monoisotopic (exact) mass is 550 g/mol. The summed E-state index contributed by atoms with van der Waals surface area (Å²) in [5.41, 5.74) is 2.53. The molecule has 7 nitrogen and oxygen atoms in total. The van der Waals surface area contributed by atoms with Gasteiger partial charge in [0.2, 0.25) is 0 Å². The molecule has 0 N–H and O–H groups in total. The molecule has 0 aliphatic carbocycles. The highest BCUT2D eigenvalue weighted by molar-refractivity contribution is 6.23. The molecule has 0 unspecified atom stereocenters. The average Bonchev–Trinajstić information content (AvgIpc) is 2.93. The van der Waals surface area contributed by atoms with Crippen LogP contribution in [0, 0.1) is 0 Å². The first kappa shape index (κ1) is 30.5. The maximum Gasteiger partial charge on any atom is 0.335 e. The van der Waals surface area contributed by atoms with Gasteiger partial charge in [-0.2, -0.15) is 0 Å². The molecule has 9 heteroatoms. The van der Waals surface area contributed by atoms with Gasteiger partial charge >= 0.3 is 11.9 Å². The fourth-order valence-electron chi connectivity index (χ4n) is 2.92. The van der Waals surface area contributed by atoms with Crippen LogP contribution in [0.5, 0.6) is 0 Å². The minimum Gasteiger partial charge on any atom is -0.460 e. The molecular formula is C28H32Cl2O7. The van der Waals surface area contributed by atoms with Gasteiger partial charge in [0, 0.05) is 0 Å². The fraction of sp³-hybridized carbons (Fsp3) is 0.357. The van der Waals surface area contributed by atoms with E-state index in [0.29, 0.717) is 37.6 Å². The number of esters is 2. The topological polar surface area (TPSA) is 80.3 Å². The molecule has 0 aliphatic rings. The summed E-state index contributed by atoms with van der Waals surface area (Å²) in [6.45, 7) is 2.19. The summed E-state index contributed by atoms with van der Waals surface area (Å²) in [6.07, 6.45) is 3.41. The molecule has 0 aliphatic heterocycles. The van der Waals surface area contributed by atoms with E-state index in [9.17, 15) is 9.59 Å².